The Morgan fingerprint density at radius 1 is 1.21 bits per heavy atom. The lowest BCUT2D eigenvalue weighted by Gasteiger charge is -2.42. The lowest BCUT2D eigenvalue weighted by molar-refractivity contribution is -0.128. The number of carbonyl (C=O) groups is 1. The molecule has 1 unspecified atom stereocenters. The Bertz CT molecular complexity index is 221. The fourth-order valence-electron chi connectivity index (χ4n) is 2.81. The number of hydrogen-bond acceptors (Lipinski definition) is 2. The summed E-state index contributed by atoms with van der Waals surface area (Å²) < 4.78 is 0. The zero-order valence-electron chi connectivity index (χ0n) is 8.94. The SMILES string of the molecule is CC1(C2NCCNC2=O)CCCCC1. The minimum absolute atomic E-state index is 0.0524. The van der Waals surface area contributed by atoms with Gasteiger partial charge in [0.15, 0.2) is 0 Å². The molecule has 0 spiro atoms. The van der Waals surface area contributed by atoms with Crippen molar-refractivity contribution in [1.29, 1.82) is 0 Å². The standard InChI is InChI=1S/C11H20N2O/c1-11(5-3-2-4-6-11)9-10(14)13-8-7-12-9/h9,12H,2-8H2,1H3,(H,13,14). The number of hydrogen-bond donors (Lipinski definition) is 2. The molecular weight excluding hydrogens is 176 g/mol. The second kappa shape index (κ2) is 3.89. The van der Waals surface area contributed by atoms with E-state index >= 15 is 0 Å². The average Bonchev–Trinajstić information content (AvgIpc) is 2.19. The van der Waals surface area contributed by atoms with E-state index in [0.29, 0.717) is 0 Å². The third kappa shape index (κ3) is 1.78. The van der Waals surface area contributed by atoms with Crippen LogP contribution in [0.15, 0.2) is 0 Å². The highest BCUT2D eigenvalue weighted by Crippen LogP contribution is 2.39. The lowest BCUT2D eigenvalue weighted by Crippen LogP contribution is -2.60. The summed E-state index contributed by atoms with van der Waals surface area (Å²) >= 11 is 0. The van der Waals surface area contributed by atoms with E-state index in [9.17, 15) is 4.79 Å². The number of nitrogens with one attached hydrogen (secondary N) is 2. The Labute approximate surface area is 85.6 Å². The van der Waals surface area contributed by atoms with Gasteiger partial charge in [0.1, 0.15) is 0 Å². The first kappa shape index (κ1) is 9.97. The van der Waals surface area contributed by atoms with Crippen LogP contribution >= 0.6 is 0 Å². The van der Waals surface area contributed by atoms with Crippen molar-refractivity contribution in [2.45, 2.75) is 45.1 Å². The third-order valence-electron chi connectivity index (χ3n) is 3.73. The molecule has 0 aromatic heterocycles. The maximum atomic E-state index is 11.7. The van der Waals surface area contributed by atoms with Crippen molar-refractivity contribution in [3.8, 4) is 0 Å². The van der Waals surface area contributed by atoms with Crippen molar-refractivity contribution in [3.05, 3.63) is 0 Å². The van der Waals surface area contributed by atoms with Crippen LogP contribution in [0.25, 0.3) is 0 Å². The summed E-state index contributed by atoms with van der Waals surface area (Å²) in [7, 11) is 0. The van der Waals surface area contributed by atoms with Crippen molar-refractivity contribution in [3.63, 3.8) is 0 Å². The van der Waals surface area contributed by atoms with Gasteiger partial charge in [-0.1, -0.05) is 26.2 Å². The number of rotatable bonds is 1. The van der Waals surface area contributed by atoms with Crippen LogP contribution < -0.4 is 10.6 Å². The van der Waals surface area contributed by atoms with Crippen LogP contribution in [0, 0.1) is 5.41 Å². The Morgan fingerprint density at radius 3 is 2.57 bits per heavy atom. The Hall–Kier alpha value is -0.570. The van der Waals surface area contributed by atoms with Gasteiger partial charge in [-0.25, -0.2) is 0 Å². The molecule has 3 nitrogen and oxygen atoms in total. The molecule has 14 heavy (non-hydrogen) atoms. The van der Waals surface area contributed by atoms with Crippen LogP contribution in [0.1, 0.15) is 39.0 Å². The predicted octanol–water partition coefficient (Wildman–Crippen LogP) is 1.04. The van der Waals surface area contributed by atoms with Crippen LogP contribution in [0.4, 0.5) is 0 Å². The first-order valence-electron chi connectivity index (χ1n) is 5.73. The van der Waals surface area contributed by atoms with Gasteiger partial charge in [0.05, 0.1) is 6.04 Å². The van der Waals surface area contributed by atoms with Gasteiger partial charge in [-0.3, -0.25) is 4.79 Å². The number of carbonyl (C=O) groups excluding carboxylic acids is 1. The molecule has 0 aromatic carbocycles. The highest BCUT2D eigenvalue weighted by molar-refractivity contribution is 5.83. The lowest BCUT2D eigenvalue weighted by atomic mass is 9.70. The Balaban J connectivity index is 2.06. The van der Waals surface area contributed by atoms with Crippen molar-refractivity contribution in [2.24, 2.45) is 5.41 Å². The summed E-state index contributed by atoms with van der Waals surface area (Å²) in [5.74, 6) is 0.209. The van der Waals surface area contributed by atoms with E-state index in [0.717, 1.165) is 13.1 Å². The molecule has 1 aliphatic carbocycles. The molecule has 1 saturated carbocycles. The molecule has 0 aromatic rings. The fraction of sp³-hybridized carbons (Fsp3) is 0.909. The van der Waals surface area contributed by atoms with Gasteiger partial charge in [-0.05, 0) is 18.3 Å². The zero-order valence-corrected chi connectivity index (χ0v) is 8.94. The Kier molecular flexibility index (Phi) is 2.77. The van der Waals surface area contributed by atoms with Gasteiger partial charge in [0.25, 0.3) is 0 Å². The molecule has 1 aliphatic heterocycles. The van der Waals surface area contributed by atoms with E-state index in [1.54, 1.807) is 0 Å². The van der Waals surface area contributed by atoms with Crippen LogP contribution in [-0.2, 0) is 4.79 Å². The summed E-state index contributed by atoms with van der Waals surface area (Å²) in [6, 6.07) is 0.0524. The third-order valence-corrected chi connectivity index (χ3v) is 3.73. The van der Waals surface area contributed by atoms with Crippen LogP contribution in [0.3, 0.4) is 0 Å². The highest BCUT2D eigenvalue weighted by Gasteiger charge is 2.40. The molecule has 1 saturated heterocycles. The van der Waals surface area contributed by atoms with Crippen LogP contribution in [0.5, 0.6) is 0 Å². The summed E-state index contributed by atoms with van der Waals surface area (Å²) in [5, 5.41) is 6.32. The van der Waals surface area contributed by atoms with Crippen LogP contribution in [-0.4, -0.2) is 25.0 Å². The summed E-state index contributed by atoms with van der Waals surface area (Å²) in [5.41, 5.74) is 0.197. The second-order valence-electron chi connectivity index (χ2n) is 4.89. The van der Waals surface area contributed by atoms with Gasteiger partial charge >= 0.3 is 0 Å². The van der Waals surface area contributed by atoms with E-state index in [1.165, 1.54) is 32.1 Å². The molecular formula is C11H20N2O. The summed E-state index contributed by atoms with van der Waals surface area (Å²) in [6.07, 6.45) is 6.28. The molecule has 0 radical (unpaired) electrons. The normalized spacial score (nSPS) is 32.4. The summed E-state index contributed by atoms with van der Waals surface area (Å²) in [6.45, 7) is 3.96. The predicted molar refractivity (Wildman–Crippen MR) is 56.0 cm³/mol. The molecule has 2 fully saturated rings. The monoisotopic (exact) mass is 196 g/mol. The van der Waals surface area contributed by atoms with Gasteiger partial charge in [0.2, 0.25) is 5.91 Å². The van der Waals surface area contributed by atoms with Gasteiger partial charge in [-0.15, -0.1) is 0 Å². The molecule has 3 heteroatoms. The van der Waals surface area contributed by atoms with Crippen molar-refractivity contribution >= 4 is 5.91 Å². The molecule has 1 atom stereocenters. The van der Waals surface area contributed by atoms with Crippen molar-refractivity contribution in [1.82, 2.24) is 10.6 Å². The largest absolute Gasteiger partial charge is 0.353 e. The average molecular weight is 196 g/mol. The minimum Gasteiger partial charge on any atom is -0.353 e. The fourth-order valence-corrected chi connectivity index (χ4v) is 2.81. The quantitative estimate of drug-likeness (QED) is 0.658. The molecule has 80 valence electrons. The van der Waals surface area contributed by atoms with Gasteiger partial charge < -0.3 is 10.6 Å². The smallest absolute Gasteiger partial charge is 0.237 e. The van der Waals surface area contributed by atoms with E-state index in [4.69, 9.17) is 0 Å². The van der Waals surface area contributed by atoms with E-state index in [-0.39, 0.29) is 17.4 Å². The maximum absolute atomic E-state index is 11.7. The first-order chi connectivity index (χ1) is 6.72. The summed E-state index contributed by atoms with van der Waals surface area (Å²) in [4.78, 5) is 11.7. The van der Waals surface area contributed by atoms with Crippen molar-refractivity contribution < 1.29 is 4.79 Å². The molecule has 2 N–H and O–H groups in total. The van der Waals surface area contributed by atoms with E-state index in [2.05, 4.69) is 17.6 Å². The molecule has 1 amide bonds. The number of piperazine rings is 1. The molecule has 2 aliphatic rings. The molecule has 0 bridgehead atoms. The van der Waals surface area contributed by atoms with Gasteiger partial charge in [-0.2, -0.15) is 0 Å². The topological polar surface area (TPSA) is 41.1 Å². The Morgan fingerprint density at radius 2 is 1.93 bits per heavy atom. The number of amides is 1. The molecule has 1 heterocycles. The van der Waals surface area contributed by atoms with E-state index < -0.39 is 0 Å². The van der Waals surface area contributed by atoms with Gasteiger partial charge in [0, 0.05) is 13.1 Å². The second-order valence-corrected chi connectivity index (χ2v) is 4.89. The highest BCUT2D eigenvalue weighted by atomic mass is 16.2. The minimum atomic E-state index is 0.0524. The molecule has 2 rings (SSSR count). The van der Waals surface area contributed by atoms with E-state index in [1.807, 2.05) is 0 Å². The van der Waals surface area contributed by atoms with Crippen LogP contribution in [0.2, 0.25) is 0 Å². The van der Waals surface area contributed by atoms with Crippen molar-refractivity contribution in [2.75, 3.05) is 13.1 Å². The maximum Gasteiger partial charge on any atom is 0.237 e. The first-order valence-corrected chi connectivity index (χ1v) is 5.73. The zero-order chi connectivity index (χ0) is 10.0.